The predicted molar refractivity (Wildman–Crippen MR) is 80.3 cm³/mol. The van der Waals surface area contributed by atoms with Crippen LogP contribution >= 0.6 is 0 Å². The number of methoxy groups -OCH3 is 2. The van der Waals surface area contributed by atoms with Crippen molar-refractivity contribution in [1.82, 2.24) is 25.3 Å². The first-order valence-electron chi connectivity index (χ1n) is 6.80. The fraction of sp³-hybridized carbons (Fsp3) is 0.286. The maximum Gasteiger partial charge on any atom is 0.200 e. The van der Waals surface area contributed by atoms with Crippen LogP contribution < -0.4 is 14.8 Å². The Morgan fingerprint density at radius 3 is 2.77 bits per heavy atom. The third-order valence-electron chi connectivity index (χ3n) is 3.24. The monoisotopic (exact) mass is 300 g/mol. The molecule has 0 atom stereocenters. The van der Waals surface area contributed by atoms with Crippen molar-refractivity contribution in [1.29, 1.82) is 0 Å². The van der Waals surface area contributed by atoms with Gasteiger partial charge in [0.05, 0.1) is 14.2 Å². The highest BCUT2D eigenvalue weighted by Gasteiger charge is 2.05. The molecule has 8 heteroatoms. The molecule has 2 heterocycles. The second-order valence-electron chi connectivity index (χ2n) is 4.61. The van der Waals surface area contributed by atoms with Crippen molar-refractivity contribution >= 4 is 11.5 Å². The molecule has 3 aromatic rings. The van der Waals surface area contributed by atoms with E-state index in [1.807, 2.05) is 30.3 Å². The number of benzene rings is 1. The number of nitrogens with one attached hydrogen (secondary N) is 1. The van der Waals surface area contributed by atoms with Gasteiger partial charge in [-0.15, -0.1) is 14.8 Å². The van der Waals surface area contributed by atoms with E-state index in [9.17, 15) is 0 Å². The summed E-state index contributed by atoms with van der Waals surface area (Å²) in [5.41, 5.74) is 1.76. The summed E-state index contributed by atoms with van der Waals surface area (Å²) in [4.78, 5) is 0. The molecule has 0 aliphatic heterocycles. The molecule has 2 aromatic heterocycles. The van der Waals surface area contributed by atoms with Crippen molar-refractivity contribution < 1.29 is 9.47 Å². The molecule has 1 aromatic carbocycles. The minimum absolute atomic E-state index is 0.616. The molecule has 0 fully saturated rings. The average molecular weight is 300 g/mol. The van der Waals surface area contributed by atoms with Gasteiger partial charge < -0.3 is 14.8 Å². The van der Waals surface area contributed by atoms with Gasteiger partial charge in [-0.25, -0.2) is 0 Å². The molecule has 0 saturated heterocycles. The van der Waals surface area contributed by atoms with Crippen LogP contribution in [-0.4, -0.2) is 46.0 Å². The number of hydrogen-bond donors (Lipinski definition) is 1. The molecule has 0 bridgehead atoms. The summed E-state index contributed by atoms with van der Waals surface area (Å²) in [6.45, 7) is 0.732. The van der Waals surface area contributed by atoms with E-state index in [1.54, 1.807) is 14.2 Å². The lowest BCUT2D eigenvalue weighted by Gasteiger charge is -2.10. The van der Waals surface area contributed by atoms with Gasteiger partial charge in [0, 0.05) is 6.54 Å². The molecule has 0 saturated carbocycles. The smallest absolute Gasteiger partial charge is 0.200 e. The molecular formula is C14H16N6O2. The van der Waals surface area contributed by atoms with Crippen LogP contribution in [0.25, 0.3) is 5.65 Å². The summed E-state index contributed by atoms with van der Waals surface area (Å²) in [6, 6.07) is 9.55. The molecule has 8 nitrogen and oxygen atoms in total. The highest BCUT2D eigenvalue weighted by molar-refractivity contribution is 5.44. The van der Waals surface area contributed by atoms with Crippen LogP contribution in [0, 0.1) is 0 Å². The normalized spacial score (nSPS) is 10.6. The minimum atomic E-state index is 0.616. The highest BCUT2D eigenvalue weighted by Crippen LogP contribution is 2.27. The van der Waals surface area contributed by atoms with Crippen LogP contribution in [0.5, 0.6) is 11.5 Å². The van der Waals surface area contributed by atoms with Gasteiger partial charge in [-0.1, -0.05) is 6.07 Å². The van der Waals surface area contributed by atoms with Crippen LogP contribution in [0.15, 0.2) is 30.3 Å². The first-order valence-corrected chi connectivity index (χ1v) is 6.80. The Morgan fingerprint density at radius 1 is 1.09 bits per heavy atom. The summed E-state index contributed by atoms with van der Waals surface area (Å²) in [7, 11) is 3.26. The molecule has 0 aliphatic carbocycles. The second kappa shape index (κ2) is 6.25. The third-order valence-corrected chi connectivity index (χ3v) is 3.24. The van der Waals surface area contributed by atoms with Crippen molar-refractivity contribution in [3.05, 3.63) is 35.9 Å². The van der Waals surface area contributed by atoms with E-state index in [2.05, 4.69) is 25.9 Å². The van der Waals surface area contributed by atoms with E-state index in [0.717, 1.165) is 35.8 Å². The van der Waals surface area contributed by atoms with Crippen molar-refractivity contribution in [3.63, 3.8) is 0 Å². The zero-order chi connectivity index (χ0) is 15.4. The van der Waals surface area contributed by atoms with E-state index in [4.69, 9.17) is 9.47 Å². The number of nitrogens with zero attached hydrogens (tertiary/aromatic N) is 5. The first kappa shape index (κ1) is 14.1. The highest BCUT2D eigenvalue weighted by atomic mass is 16.5. The van der Waals surface area contributed by atoms with Crippen LogP contribution in [0.4, 0.5) is 5.82 Å². The number of anilines is 1. The predicted octanol–water partition coefficient (Wildman–Crippen LogP) is 1.19. The second-order valence-corrected chi connectivity index (χ2v) is 4.61. The fourth-order valence-electron chi connectivity index (χ4n) is 2.11. The maximum absolute atomic E-state index is 5.30. The van der Waals surface area contributed by atoms with Crippen molar-refractivity contribution in [2.75, 3.05) is 26.1 Å². The van der Waals surface area contributed by atoms with Crippen LogP contribution in [0.3, 0.4) is 0 Å². The standard InChI is InChI=1S/C14H16N6O2/c1-21-11-4-3-10(9-12(11)22-2)7-8-15-13-5-6-14-16-18-19-20(14)17-13/h3-6,9H,7-8H2,1-2H3,(H,15,17). The van der Waals surface area contributed by atoms with Gasteiger partial charge in [-0.05, 0) is 46.7 Å². The summed E-state index contributed by atoms with van der Waals surface area (Å²) >= 11 is 0. The number of rotatable bonds is 6. The lowest BCUT2D eigenvalue weighted by Crippen LogP contribution is -2.08. The number of hydrogen-bond acceptors (Lipinski definition) is 7. The zero-order valence-electron chi connectivity index (χ0n) is 12.4. The molecule has 22 heavy (non-hydrogen) atoms. The summed E-state index contributed by atoms with van der Waals surface area (Å²) in [6.07, 6.45) is 0.829. The Balaban J connectivity index is 1.62. The van der Waals surface area contributed by atoms with E-state index in [-0.39, 0.29) is 0 Å². The Kier molecular flexibility index (Phi) is 3.99. The molecule has 3 rings (SSSR count). The molecule has 0 spiro atoms. The number of tetrazole rings is 1. The molecule has 1 N–H and O–H groups in total. The Bertz CT molecular complexity index is 773. The fourth-order valence-corrected chi connectivity index (χ4v) is 2.11. The first-order chi connectivity index (χ1) is 10.8. The number of aromatic nitrogens is 5. The van der Waals surface area contributed by atoms with Gasteiger partial charge >= 0.3 is 0 Å². The maximum atomic E-state index is 5.30. The minimum Gasteiger partial charge on any atom is -0.493 e. The summed E-state index contributed by atoms with van der Waals surface area (Å²) in [5, 5.41) is 18.6. The van der Waals surface area contributed by atoms with Gasteiger partial charge in [-0.3, -0.25) is 0 Å². The van der Waals surface area contributed by atoms with Crippen LogP contribution in [0.1, 0.15) is 5.56 Å². The van der Waals surface area contributed by atoms with Crippen LogP contribution in [0.2, 0.25) is 0 Å². The van der Waals surface area contributed by atoms with Gasteiger partial charge in [0.25, 0.3) is 0 Å². The molecule has 0 aliphatic rings. The van der Waals surface area contributed by atoms with Gasteiger partial charge in [0.1, 0.15) is 5.82 Å². The summed E-state index contributed by atoms with van der Waals surface area (Å²) < 4.78 is 11.9. The van der Waals surface area contributed by atoms with Gasteiger partial charge in [0.15, 0.2) is 17.1 Å². The third kappa shape index (κ3) is 2.90. The van der Waals surface area contributed by atoms with Gasteiger partial charge in [-0.2, -0.15) is 0 Å². The van der Waals surface area contributed by atoms with Crippen molar-refractivity contribution in [2.45, 2.75) is 6.42 Å². The Morgan fingerprint density at radius 2 is 1.95 bits per heavy atom. The Hall–Kier alpha value is -2.90. The molecule has 0 radical (unpaired) electrons. The molecule has 0 unspecified atom stereocenters. The summed E-state index contributed by atoms with van der Waals surface area (Å²) in [5.74, 6) is 2.18. The van der Waals surface area contributed by atoms with E-state index in [1.165, 1.54) is 4.63 Å². The average Bonchev–Trinajstić information content (AvgIpc) is 3.02. The molecule has 0 amide bonds. The van der Waals surface area contributed by atoms with Gasteiger partial charge in [0.2, 0.25) is 0 Å². The van der Waals surface area contributed by atoms with Crippen LogP contribution in [-0.2, 0) is 6.42 Å². The molecular weight excluding hydrogens is 284 g/mol. The van der Waals surface area contributed by atoms with Crippen molar-refractivity contribution in [2.24, 2.45) is 0 Å². The lowest BCUT2D eigenvalue weighted by atomic mass is 10.1. The SMILES string of the molecule is COc1ccc(CCNc2ccc3nnnn3n2)cc1OC. The Labute approximate surface area is 127 Å². The quantitative estimate of drug-likeness (QED) is 0.731. The number of fused-ring (bicyclic) bond motifs is 1. The van der Waals surface area contributed by atoms with Crippen molar-refractivity contribution in [3.8, 4) is 11.5 Å². The lowest BCUT2D eigenvalue weighted by molar-refractivity contribution is 0.354. The molecule has 114 valence electrons. The van der Waals surface area contributed by atoms with E-state index >= 15 is 0 Å². The zero-order valence-corrected chi connectivity index (χ0v) is 12.4. The van der Waals surface area contributed by atoms with E-state index in [0.29, 0.717) is 5.65 Å². The number of ether oxygens (including phenoxy) is 2. The largest absolute Gasteiger partial charge is 0.493 e. The van der Waals surface area contributed by atoms with E-state index < -0.39 is 0 Å². The topological polar surface area (TPSA) is 86.5 Å².